The van der Waals surface area contributed by atoms with Crippen molar-refractivity contribution < 1.29 is 14.7 Å². The molecule has 7 heteroatoms. The summed E-state index contributed by atoms with van der Waals surface area (Å²) in [7, 11) is 0. The normalized spacial score (nSPS) is 10.9. The van der Waals surface area contributed by atoms with E-state index in [1.54, 1.807) is 65.2 Å². The fourth-order valence-electron chi connectivity index (χ4n) is 3.66. The second-order valence-corrected chi connectivity index (χ2v) is 7.45. The van der Waals surface area contributed by atoms with Crippen molar-refractivity contribution in [3.05, 3.63) is 116 Å². The van der Waals surface area contributed by atoms with E-state index in [2.05, 4.69) is 0 Å². The quantitative estimate of drug-likeness (QED) is 0.457. The van der Waals surface area contributed by atoms with Crippen molar-refractivity contribution in [2.45, 2.75) is 19.5 Å². The molecule has 0 bridgehead atoms. The van der Waals surface area contributed by atoms with Crippen LogP contribution in [-0.4, -0.2) is 26.5 Å². The van der Waals surface area contributed by atoms with E-state index >= 15 is 0 Å². The van der Waals surface area contributed by atoms with Gasteiger partial charge in [-0.25, -0.2) is 9.59 Å². The minimum absolute atomic E-state index is 0.166. The molecule has 0 aliphatic heterocycles. The first-order valence-electron chi connectivity index (χ1n) is 10.1. The number of aromatic carboxylic acids is 1. The van der Waals surface area contributed by atoms with Crippen LogP contribution in [0.2, 0.25) is 0 Å². The molecule has 32 heavy (non-hydrogen) atoms. The molecule has 0 saturated carbocycles. The van der Waals surface area contributed by atoms with Gasteiger partial charge in [-0.3, -0.25) is 18.7 Å². The molecule has 0 radical (unpaired) electrons. The van der Waals surface area contributed by atoms with Gasteiger partial charge >= 0.3 is 11.7 Å². The van der Waals surface area contributed by atoms with Crippen LogP contribution in [0.25, 0.3) is 10.9 Å². The third-order valence-electron chi connectivity index (χ3n) is 5.41. The molecule has 0 atom stereocenters. The van der Waals surface area contributed by atoms with Gasteiger partial charge < -0.3 is 5.11 Å². The molecule has 0 unspecified atom stereocenters. The van der Waals surface area contributed by atoms with Crippen molar-refractivity contribution >= 4 is 23.2 Å². The Hall–Kier alpha value is -4.26. The van der Waals surface area contributed by atoms with Crippen molar-refractivity contribution in [2.75, 3.05) is 0 Å². The number of para-hydroxylation sites is 1. The Morgan fingerprint density at radius 3 is 2.16 bits per heavy atom. The van der Waals surface area contributed by atoms with Crippen LogP contribution in [0.5, 0.6) is 0 Å². The van der Waals surface area contributed by atoms with Gasteiger partial charge in [0.2, 0.25) is 0 Å². The summed E-state index contributed by atoms with van der Waals surface area (Å²) in [6.45, 7) is 0.422. The number of hydrogen-bond donors (Lipinski definition) is 1. The average molecular weight is 428 g/mol. The van der Waals surface area contributed by atoms with E-state index in [0.29, 0.717) is 22.9 Å². The standard InChI is InChI=1S/C25H20N2O5/c28-16-19-7-5-18(6-8-19)15-27-22-4-2-1-3-21(22)23(29)26(25(27)32)14-13-17-9-11-20(12-10-17)24(30)31/h1-12,16H,13-15H2,(H,30,31). The maximum absolute atomic E-state index is 13.3. The second-order valence-electron chi connectivity index (χ2n) is 7.45. The van der Waals surface area contributed by atoms with Crippen molar-refractivity contribution in [1.82, 2.24) is 9.13 Å². The Morgan fingerprint density at radius 1 is 0.844 bits per heavy atom. The molecule has 0 saturated heterocycles. The number of hydrogen-bond acceptors (Lipinski definition) is 4. The van der Waals surface area contributed by atoms with E-state index < -0.39 is 11.7 Å². The zero-order chi connectivity index (χ0) is 22.7. The molecule has 0 amide bonds. The molecule has 1 heterocycles. The number of aldehydes is 1. The molecule has 3 aromatic carbocycles. The van der Waals surface area contributed by atoms with Gasteiger partial charge in [-0.2, -0.15) is 0 Å². The number of benzene rings is 3. The van der Waals surface area contributed by atoms with Gasteiger partial charge in [0.1, 0.15) is 6.29 Å². The minimum atomic E-state index is -1.01. The summed E-state index contributed by atoms with van der Waals surface area (Å²) in [6, 6.07) is 20.3. The molecule has 7 nitrogen and oxygen atoms in total. The van der Waals surface area contributed by atoms with Crippen LogP contribution >= 0.6 is 0 Å². The summed E-state index contributed by atoms with van der Waals surface area (Å²) < 4.78 is 2.77. The highest BCUT2D eigenvalue weighted by Crippen LogP contribution is 2.12. The number of nitrogens with zero attached hydrogens (tertiary/aromatic N) is 2. The number of carboxylic acid groups (broad SMARTS) is 1. The van der Waals surface area contributed by atoms with Crippen LogP contribution in [0, 0.1) is 0 Å². The molecule has 0 aliphatic carbocycles. The smallest absolute Gasteiger partial charge is 0.335 e. The third kappa shape index (κ3) is 4.13. The third-order valence-corrected chi connectivity index (χ3v) is 5.41. The second kappa shape index (κ2) is 8.85. The summed E-state index contributed by atoms with van der Waals surface area (Å²) in [5, 5.41) is 9.47. The molecule has 1 aromatic heterocycles. The molecule has 0 aliphatic rings. The average Bonchev–Trinajstić information content (AvgIpc) is 2.82. The first-order chi connectivity index (χ1) is 15.5. The highest BCUT2D eigenvalue weighted by atomic mass is 16.4. The first kappa shape index (κ1) is 21.0. The predicted octanol–water partition coefficient (Wildman–Crippen LogP) is 2.96. The molecular formula is C25H20N2O5. The van der Waals surface area contributed by atoms with Gasteiger partial charge in [0.05, 0.1) is 23.0 Å². The largest absolute Gasteiger partial charge is 0.478 e. The van der Waals surface area contributed by atoms with Crippen LogP contribution in [0.15, 0.2) is 82.4 Å². The maximum Gasteiger partial charge on any atom is 0.335 e. The number of carboxylic acids is 1. The molecular weight excluding hydrogens is 408 g/mol. The van der Waals surface area contributed by atoms with E-state index in [-0.39, 0.29) is 24.2 Å². The van der Waals surface area contributed by atoms with Gasteiger partial charge in [-0.05, 0) is 41.8 Å². The molecule has 160 valence electrons. The fourth-order valence-corrected chi connectivity index (χ4v) is 3.66. The fraction of sp³-hybridized carbons (Fsp3) is 0.120. The number of carbonyl (C=O) groups is 2. The Morgan fingerprint density at radius 2 is 1.50 bits per heavy atom. The number of fused-ring (bicyclic) bond motifs is 1. The van der Waals surface area contributed by atoms with Crippen LogP contribution in [0.4, 0.5) is 0 Å². The highest BCUT2D eigenvalue weighted by Gasteiger charge is 2.13. The van der Waals surface area contributed by atoms with Crippen LogP contribution < -0.4 is 11.2 Å². The van der Waals surface area contributed by atoms with Crippen molar-refractivity contribution in [1.29, 1.82) is 0 Å². The number of aromatic nitrogens is 2. The van der Waals surface area contributed by atoms with Gasteiger partial charge in [0.25, 0.3) is 5.56 Å². The monoisotopic (exact) mass is 428 g/mol. The predicted molar refractivity (Wildman–Crippen MR) is 121 cm³/mol. The zero-order valence-electron chi connectivity index (χ0n) is 17.1. The minimum Gasteiger partial charge on any atom is -0.478 e. The highest BCUT2D eigenvalue weighted by molar-refractivity contribution is 5.87. The number of rotatable bonds is 7. The SMILES string of the molecule is O=Cc1ccc(Cn2c(=O)n(CCc3ccc(C(=O)O)cc3)c(=O)c3ccccc32)cc1. The van der Waals surface area contributed by atoms with Gasteiger partial charge in [-0.15, -0.1) is 0 Å². The maximum atomic E-state index is 13.3. The lowest BCUT2D eigenvalue weighted by Gasteiger charge is -2.14. The molecule has 1 N–H and O–H groups in total. The Bertz CT molecular complexity index is 1410. The lowest BCUT2D eigenvalue weighted by atomic mass is 10.1. The van der Waals surface area contributed by atoms with Crippen molar-refractivity contribution in [2.24, 2.45) is 0 Å². The molecule has 4 aromatic rings. The Kier molecular flexibility index (Phi) is 5.81. The molecule has 0 fully saturated rings. The van der Waals surface area contributed by atoms with E-state index in [1.165, 1.54) is 16.7 Å². The lowest BCUT2D eigenvalue weighted by Crippen LogP contribution is -2.40. The summed E-state index contributed by atoms with van der Waals surface area (Å²) >= 11 is 0. The van der Waals surface area contributed by atoms with E-state index in [9.17, 15) is 19.2 Å². The molecule has 0 spiro atoms. The number of carbonyl (C=O) groups excluding carboxylic acids is 1. The zero-order valence-corrected chi connectivity index (χ0v) is 17.1. The summed E-state index contributed by atoms with van der Waals surface area (Å²) in [4.78, 5) is 48.3. The van der Waals surface area contributed by atoms with Crippen LogP contribution in [-0.2, 0) is 19.5 Å². The summed E-state index contributed by atoms with van der Waals surface area (Å²) in [6.07, 6.45) is 1.16. The van der Waals surface area contributed by atoms with E-state index in [4.69, 9.17) is 5.11 Å². The van der Waals surface area contributed by atoms with Gasteiger partial charge in [0, 0.05) is 12.1 Å². The van der Waals surface area contributed by atoms with Crippen LogP contribution in [0.1, 0.15) is 31.8 Å². The lowest BCUT2D eigenvalue weighted by molar-refractivity contribution is 0.0696. The van der Waals surface area contributed by atoms with Gasteiger partial charge in [0.15, 0.2) is 0 Å². The summed E-state index contributed by atoms with van der Waals surface area (Å²) in [5.74, 6) is -1.01. The molecule has 4 rings (SSSR count). The topological polar surface area (TPSA) is 98.4 Å². The Balaban J connectivity index is 1.72. The van der Waals surface area contributed by atoms with Crippen molar-refractivity contribution in [3.8, 4) is 0 Å². The summed E-state index contributed by atoms with van der Waals surface area (Å²) in [5.41, 5.74) is 2.15. The van der Waals surface area contributed by atoms with E-state index in [0.717, 1.165) is 17.4 Å². The van der Waals surface area contributed by atoms with Gasteiger partial charge in [-0.1, -0.05) is 48.5 Å². The Labute approximate surface area is 182 Å². The first-order valence-corrected chi connectivity index (χ1v) is 10.1. The number of aryl methyl sites for hydroxylation is 1. The van der Waals surface area contributed by atoms with Crippen molar-refractivity contribution in [3.63, 3.8) is 0 Å². The van der Waals surface area contributed by atoms with E-state index in [1.807, 2.05) is 0 Å². The van der Waals surface area contributed by atoms with Crippen LogP contribution in [0.3, 0.4) is 0 Å².